The average Bonchev–Trinajstić information content (AvgIpc) is 3.52. The molecule has 12 heteroatoms. The van der Waals surface area contributed by atoms with Crippen LogP contribution in [0.25, 0.3) is 16.7 Å². The van der Waals surface area contributed by atoms with Crippen molar-refractivity contribution in [2.45, 2.75) is 44.0 Å². The Morgan fingerprint density at radius 1 is 1.27 bits per heavy atom. The monoisotopic (exact) mass is 522 g/mol. The lowest BCUT2D eigenvalue weighted by Gasteiger charge is -2.31. The van der Waals surface area contributed by atoms with Crippen LogP contribution in [0, 0.1) is 17.6 Å². The molecule has 1 aliphatic carbocycles. The van der Waals surface area contributed by atoms with E-state index in [1.807, 2.05) is 10.2 Å². The summed E-state index contributed by atoms with van der Waals surface area (Å²) in [5.74, 6) is -2.56. The normalized spacial score (nSPS) is 22.0. The largest absolute Gasteiger partial charge is 0.408 e. The van der Waals surface area contributed by atoms with Crippen molar-refractivity contribution in [2.75, 3.05) is 18.0 Å². The highest BCUT2D eigenvalue weighted by atomic mass is 19.4. The van der Waals surface area contributed by atoms with E-state index in [4.69, 9.17) is 0 Å². The van der Waals surface area contributed by atoms with Gasteiger partial charge in [0.2, 0.25) is 5.43 Å². The van der Waals surface area contributed by atoms with Crippen LogP contribution in [0.15, 0.2) is 41.3 Å². The van der Waals surface area contributed by atoms with E-state index in [0.29, 0.717) is 31.4 Å². The number of nitrogens with one attached hydrogen (secondary N) is 1. The summed E-state index contributed by atoms with van der Waals surface area (Å²) in [7, 11) is 0. The Kier molecular flexibility index (Phi) is 5.97. The Hall–Kier alpha value is -3.54. The molecular weight excluding hydrogens is 499 g/mol. The van der Waals surface area contributed by atoms with Gasteiger partial charge in [0.15, 0.2) is 5.65 Å². The quantitative estimate of drug-likeness (QED) is 0.500. The van der Waals surface area contributed by atoms with Crippen LogP contribution >= 0.6 is 0 Å². The molecule has 1 saturated heterocycles. The summed E-state index contributed by atoms with van der Waals surface area (Å²) in [4.78, 5) is 32.3. The third-order valence-corrected chi connectivity index (χ3v) is 7.09. The molecule has 1 saturated carbocycles. The summed E-state index contributed by atoms with van der Waals surface area (Å²) in [5, 5.41) is 12.2. The van der Waals surface area contributed by atoms with E-state index in [9.17, 15) is 36.6 Å². The van der Waals surface area contributed by atoms with Crippen LogP contribution in [-0.2, 0) is 0 Å². The molecule has 2 N–H and O–H groups in total. The molecule has 37 heavy (non-hydrogen) atoms. The number of anilines is 1. The topological polar surface area (TPSA) is 87.5 Å². The van der Waals surface area contributed by atoms with Gasteiger partial charge >= 0.3 is 6.18 Å². The number of carbonyl (C=O) groups is 1. The number of β-amino-alcohol motifs (C(OH)–C–C–N with tert-alkyl or cyclic N) is 1. The van der Waals surface area contributed by atoms with Crippen LogP contribution < -0.4 is 15.6 Å². The smallest absolute Gasteiger partial charge is 0.388 e. The van der Waals surface area contributed by atoms with Crippen molar-refractivity contribution < 1.29 is 31.9 Å². The number of halogens is 5. The van der Waals surface area contributed by atoms with E-state index in [0.717, 1.165) is 29.3 Å². The predicted molar refractivity (Wildman–Crippen MR) is 125 cm³/mol. The van der Waals surface area contributed by atoms with Gasteiger partial charge in [0.25, 0.3) is 5.91 Å². The molecule has 0 spiro atoms. The number of rotatable bonds is 5. The fourth-order valence-corrected chi connectivity index (χ4v) is 4.89. The summed E-state index contributed by atoms with van der Waals surface area (Å²) < 4.78 is 69.2. The Balaban J connectivity index is 1.65. The molecule has 2 aliphatic rings. The zero-order valence-electron chi connectivity index (χ0n) is 19.6. The molecule has 2 aromatic heterocycles. The van der Waals surface area contributed by atoms with Crippen LogP contribution in [0.1, 0.15) is 36.5 Å². The second-order valence-corrected chi connectivity index (χ2v) is 9.57. The van der Waals surface area contributed by atoms with E-state index in [1.165, 1.54) is 19.1 Å². The van der Waals surface area contributed by atoms with Gasteiger partial charge in [-0.15, -0.1) is 0 Å². The lowest BCUT2D eigenvalue weighted by molar-refractivity contribution is -0.153. The molecule has 2 fully saturated rings. The maximum atomic E-state index is 14.8. The third kappa shape index (κ3) is 4.54. The highest BCUT2D eigenvalue weighted by Crippen LogP contribution is 2.49. The van der Waals surface area contributed by atoms with Crippen LogP contribution in [-0.4, -0.2) is 51.5 Å². The number of alkyl halides is 3. The molecule has 3 unspecified atom stereocenters. The van der Waals surface area contributed by atoms with Gasteiger partial charge in [-0.3, -0.25) is 14.2 Å². The number of hydrogen-bond donors (Lipinski definition) is 2. The number of pyridine rings is 2. The number of benzene rings is 1. The highest BCUT2D eigenvalue weighted by molar-refractivity contribution is 5.97. The summed E-state index contributed by atoms with van der Waals surface area (Å²) in [6.45, 7) is 2.15. The first kappa shape index (κ1) is 25.1. The van der Waals surface area contributed by atoms with Crippen LogP contribution in [0.2, 0.25) is 0 Å². The molecule has 1 aliphatic heterocycles. The number of piperidine rings is 1. The highest BCUT2D eigenvalue weighted by Gasteiger charge is 2.56. The van der Waals surface area contributed by atoms with Crippen molar-refractivity contribution in [1.29, 1.82) is 0 Å². The van der Waals surface area contributed by atoms with Gasteiger partial charge in [0.05, 0.1) is 16.7 Å². The van der Waals surface area contributed by atoms with E-state index in [-0.39, 0.29) is 22.6 Å². The number of aliphatic hydroxyl groups is 1. The van der Waals surface area contributed by atoms with Crippen molar-refractivity contribution in [2.24, 2.45) is 5.92 Å². The van der Waals surface area contributed by atoms with Crippen molar-refractivity contribution in [3.8, 4) is 5.69 Å². The van der Waals surface area contributed by atoms with E-state index in [2.05, 4.69) is 4.98 Å². The maximum Gasteiger partial charge on any atom is 0.408 e. The van der Waals surface area contributed by atoms with Gasteiger partial charge in [-0.25, -0.2) is 13.8 Å². The van der Waals surface area contributed by atoms with Gasteiger partial charge in [-0.05, 0) is 49.4 Å². The minimum atomic E-state index is -4.74. The molecule has 196 valence electrons. The average molecular weight is 522 g/mol. The van der Waals surface area contributed by atoms with Crippen molar-refractivity contribution >= 4 is 22.8 Å². The molecule has 3 aromatic rings. The van der Waals surface area contributed by atoms with Gasteiger partial charge in [0, 0.05) is 25.4 Å². The summed E-state index contributed by atoms with van der Waals surface area (Å²) in [5.41, 5.74) is -2.68. The van der Waals surface area contributed by atoms with Gasteiger partial charge in [-0.1, -0.05) is 6.92 Å². The lowest BCUT2D eigenvalue weighted by atomic mass is 10.1. The van der Waals surface area contributed by atoms with E-state index < -0.39 is 52.8 Å². The number of nitrogens with zero attached hydrogens (tertiary/aromatic N) is 3. The standard InChI is InChI=1S/C25H23F5N4O3/c1-2-19(25(28,29)30)31-23(36)16-11-34(18-5-3-14(26)9-17(18)27)22-15(21(16)35)4-6-20(32-22)33-8-7-13-10-24(13,37)12-33/h3-6,9,11,13,19,37H,2,7-8,10,12H2,1H3,(H,31,36). The zero-order valence-corrected chi connectivity index (χ0v) is 19.6. The number of aromatic nitrogens is 2. The first-order chi connectivity index (χ1) is 17.4. The van der Waals surface area contributed by atoms with E-state index in [1.54, 1.807) is 0 Å². The molecule has 0 radical (unpaired) electrons. The second-order valence-electron chi connectivity index (χ2n) is 9.57. The molecule has 7 nitrogen and oxygen atoms in total. The van der Waals surface area contributed by atoms with Crippen LogP contribution in [0.3, 0.4) is 0 Å². The molecule has 5 rings (SSSR count). The fourth-order valence-electron chi connectivity index (χ4n) is 4.89. The van der Waals surface area contributed by atoms with Gasteiger partial charge in [0.1, 0.15) is 29.1 Å². The second kappa shape index (κ2) is 8.79. The Labute approximate surface area is 207 Å². The first-order valence-electron chi connectivity index (χ1n) is 11.8. The number of amides is 1. The molecule has 3 atom stereocenters. The zero-order chi connectivity index (χ0) is 26.7. The number of carbonyl (C=O) groups excluding carboxylic acids is 1. The summed E-state index contributed by atoms with van der Waals surface area (Å²) in [6.07, 6.45) is -2.86. The number of hydrogen-bond acceptors (Lipinski definition) is 5. The van der Waals surface area contributed by atoms with Crippen molar-refractivity contribution in [3.05, 3.63) is 63.9 Å². The SMILES string of the molecule is CCC(NC(=O)c1cn(-c2ccc(F)cc2F)c2nc(N3CCC4CC4(O)C3)ccc2c1=O)C(F)(F)F. The fraction of sp³-hybridized carbons (Fsp3) is 0.400. The van der Waals surface area contributed by atoms with E-state index >= 15 is 0 Å². The minimum absolute atomic E-state index is 0.0719. The Morgan fingerprint density at radius 2 is 2.03 bits per heavy atom. The van der Waals surface area contributed by atoms with Crippen LogP contribution in [0.4, 0.5) is 27.8 Å². The lowest BCUT2D eigenvalue weighted by Crippen LogP contribution is -2.46. The Bertz CT molecular complexity index is 1460. The van der Waals surface area contributed by atoms with Gasteiger partial charge < -0.3 is 15.3 Å². The maximum absolute atomic E-state index is 14.8. The third-order valence-electron chi connectivity index (χ3n) is 7.09. The molecular formula is C25H23F5N4O3. The Morgan fingerprint density at radius 3 is 2.68 bits per heavy atom. The minimum Gasteiger partial charge on any atom is -0.388 e. The van der Waals surface area contributed by atoms with Crippen molar-refractivity contribution in [1.82, 2.24) is 14.9 Å². The molecule has 0 bridgehead atoms. The van der Waals surface area contributed by atoms with Crippen molar-refractivity contribution in [3.63, 3.8) is 0 Å². The predicted octanol–water partition coefficient (Wildman–Crippen LogP) is 3.70. The van der Waals surface area contributed by atoms with Gasteiger partial charge in [-0.2, -0.15) is 13.2 Å². The summed E-state index contributed by atoms with van der Waals surface area (Å²) in [6, 6.07) is 3.32. The summed E-state index contributed by atoms with van der Waals surface area (Å²) >= 11 is 0. The van der Waals surface area contributed by atoms with Crippen LogP contribution in [0.5, 0.6) is 0 Å². The first-order valence-corrected chi connectivity index (χ1v) is 11.8. The molecule has 3 heterocycles. The number of fused-ring (bicyclic) bond motifs is 2. The molecule has 1 aromatic carbocycles. The molecule has 1 amide bonds.